The lowest BCUT2D eigenvalue weighted by molar-refractivity contribution is 0.384. The molecule has 3 aliphatic rings. The van der Waals surface area contributed by atoms with Gasteiger partial charge in [0.15, 0.2) is 0 Å². The van der Waals surface area contributed by atoms with Crippen molar-refractivity contribution < 1.29 is 0 Å². The molecule has 1 nitrogen and oxygen atoms in total. The molecule has 0 N–H and O–H groups in total. The summed E-state index contributed by atoms with van der Waals surface area (Å²) in [6.45, 7) is 2.54. The topological polar surface area (TPSA) is 3.24 Å². The Bertz CT molecular complexity index is 480. The Labute approximate surface area is 118 Å². The number of nitrogens with zero attached hydrogens (tertiary/aromatic N) is 1. The molecule has 4 rings (SSSR count). The molecule has 1 aromatic carbocycles. The Kier molecular flexibility index (Phi) is 2.52. The molecule has 0 amide bonds. The highest BCUT2D eigenvalue weighted by molar-refractivity contribution is 9.10. The monoisotopic (exact) mass is 305 g/mol. The summed E-state index contributed by atoms with van der Waals surface area (Å²) in [6, 6.07) is 4.81. The molecule has 0 radical (unpaired) electrons. The number of anilines is 1. The summed E-state index contributed by atoms with van der Waals surface area (Å²) in [7, 11) is 0. The molecule has 1 saturated carbocycles. The standard InChI is InChI=1S/C16H20BrN/c17-15-11-13(10-12-2-1-3-14(12)15)18-8-6-16(4-5-16)7-9-18/h10-11H,1-9H2. The van der Waals surface area contributed by atoms with Crippen LogP contribution in [0.1, 0.15) is 43.2 Å². The van der Waals surface area contributed by atoms with Crippen LogP contribution in [0.2, 0.25) is 0 Å². The van der Waals surface area contributed by atoms with Gasteiger partial charge in [0.2, 0.25) is 0 Å². The van der Waals surface area contributed by atoms with Crippen molar-refractivity contribution in [3.8, 4) is 0 Å². The van der Waals surface area contributed by atoms with Gasteiger partial charge in [-0.3, -0.25) is 0 Å². The molecule has 0 aromatic heterocycles. The third kappa shape index (κ3) is 1.80. The van der Waals surface area contributed by atoms with Crippen LogP contribution < -0.4 is 4.90 Å². The van der Waals surface area contributed by atoms with Gasteiger partial charge in [-0.15, -0.1) is 0 Å². The van der Waals surface area contributed by atoms with Gasteiger partial charge in [-0.1, -0.05) is 15.9 Å². The fourth-order valence-corrected chi connectivity index (χ4v) is 4.42. The fourth-order valence-electron chi connectivity index (χ4n) is 3.73. The van der Waals surface area contributed by atoms with Gasteiger partial charge in [0, 0.05) is 23.2 Å². The zero-order valence-electron chi connectivity index (χ0n) is 10.8. The molecular weight excluding hydrogens is 286 g/mol. The van der Waals surface area contributed by atoms with E-state index in [1.54, 1.807) is 11.1 Å². The average molecular weight is 306 g/mol. The molecule has 1 spiro atoms. The first-order valence-corrected chi connectivity index (χ1v) is 8.11. The van der Waals surface area contributed by atoms with Crippen LogP contribution in [0.4, 0.5) is 5.69 Å². The predicted octanol–water partition coefficient (Wildman–Crippen LogP) is 4.32. The van der Waals surface area contributed by atoms with Gasteiger partial charge in [0.05, 0.1) is 0 Å². The summed E-state index contributed by atoms with van der Waals surface area (Å²) in [5.41, 5.74) is 5.39. The minimum Gasteiger partial charge on any atom is -0.371 e. The van der Waals surface area contributed by atoms with Gasteiger partial charge in [0.1, 0.15) is 0 Å². The van der Waals surface area contributed by atoms with Gasteiger partial charge in [-0.25, -0.2) is 0 Å². The van der Waals surface area contributed by atoms with Crippen molar-refractivity contribution in [3.63, 3.8) is 0 Å². The van der Waals surface area contributed by atoms with Crippen molar-refractivity contribution in [2.24, 2.45) is 5.41 Å². The minimum atomic E-state index is 0.782. The highest BCUT2D eigenvalue weighted by atomic mass is 79.9. The highest BCUT2D eigenvalue weighted by Gasteiger charge is 2.44. The number of fused-ring (bicyclic) bond motifs is 1. The Balaban J connectivity index is 1.59. The van der Waals surface area contributed by atoms with E-state index in [4.69, 9.17) is 0 Å². The maximum absolute atomic E-state index is 3.77. The molecule has 2 aliphatic carbocycles. The van der Waals surface area contributed by atoms with Crippen molar-refractivity contribution in [1.29, 1.82) is 0 Å². The fraction of sp³-hybridized carbons (Fsp3) is 0.625. The predicted molar refractivity (Wildman–Crippen MR) is 79.3 cm³/mol. The molecule has 18 heavy (non-hydrogen) atoms. The number of aryl methyl sites for hydroxylation is 1. The van der Waals surface area contributed by atoms with E-state index in [0.717, 1.165) is 5.41 Å². The molecule has 0 unspecified atom stereocenters. The van der Waals surface area contributed by atoms with Gasteiger partial charge in [-0.2, -0.15) is 0 Å². The Morgan fingerprint density at radius 2 is 1.78 bits per heavy atom. The number of hydrogen-bond donors (Lipinski definition) is 0. The van der Waals surface area contributed by atoms with E-state index in [9.17, 15) is 0 Å². The quantitative estimate of drug-likeness (QED) is 0.747. The zero-order valence-corrected chi connectivity index (χ0v) is 12.4. The van der Waals surface area contributed by atoms with E-state index >= 15 is 0 Å². The molecule has 0 bridgehead atoms. The lowest BCUT2D eigenvalue weighted by Gasteiger charge is -2.34. The first-order valence-electron chi connectivity index (χ1n) is 7.32. The van der Waals surface area contributed by atoms with Gasteiger partial charge in [0.25, 0.3) is 0 Å². The summed E-state index contributed by atoms with van der Waals surface area (Å²) in [5.74, 6) is 0. The SMILES string of the molecule is Brc1cc(N2CCC3(CC2)CC3)cc2c1CCC2. The van der Waals surface area contributed by atoms with Crippen LogP contribution in [0.25, 0.3) is 0 Å². The summed E-state index contributed by atoms with van der Waals surface area (Å²) in [6.07, 6.45) is 9.70. The van der Waals surface area contributed by atoms with Crippen molar-refractivity contribution in [1.82, 2.24) is 0 Å². The van der Waals surface area contributed by atoms with Crippen molar-refractivity contribution >= 4 is 21.6 Å². The van der Waals surface area contributed by atoms with E-state index in [1.165, 1.54) is 68.2 Å². The third-order valence-corrected chi connectivity index (χ3v) is 6.00. The molecule has 1 saturated heterocycles. The van der Waals surface area contributed by atoms with Crippen molar-refractivity contribution in [3.05, 3.63) is 27.7 Å². The van der Waals surface area contributed by atoms with Crippen LogP contribution in [0.15, 0.2) is 16.6 Å². The highest BCUT2D eigenvalue weighted by Crippen LogP contribution is 2.54. The first kappa shape index (κ1) is 11.3. The van der Waals surface area contributed by atoms with Gasteiger partial charge in [-0.05, 0) is 73.6 Å². The number of piperidine rings is 1. The smallest absolute Gasteiger partial charge is 0.0380 e. The van der Waals surface area contributed by atoms with Crippen LogP contribution in [0.5, 0.6) is 0 Å². The summed E-state index contributed by atoms with van der Waals surface area (Å²) in [5, 5.41) is 0. The largest absolute Gasteiger partial charge is 0.371 e. The summed E-state index contributed by atoms with van der Waals surface area (Å²) in [4.78, 5) is 2.60. The molecule has 96 valence electrons. The van der Waals surface area contributed by atoms with Crippen LogP contribution in [0.3, 0.4) is 0 Å². The normalized spacial score (nSPS) is 24.4. The average Bonchev–Trinajstić information content (AvgIpc) is 2.95. The van der Waals surface area contributed by atoms with Crippen molar-refractivity contribution in [2.45, 2.75) is 44.9 Å². The molecule has 1 aliphatic heterocycles. The number of benzene rings is 1. The number of hydrogen-bond acceptors (Lipinski definition) is 1. The van der Waals surface area contributed by atoms with E-state index in [2.05, 4.69) is 33.0 Å². The molecular formula is C16H20BrN. The van der Waals surface area contributed by atoms with E-state index in [-0.39, 0.29) is 0 Å². The van der Waals surface area contributed by atoms with Crippen LogP contribution in [0, 0.1) is 5.41 Å². The van der Waals surface area contributed by atoms with E-state index in [0.29, 0.717) is 0 Å². The van der Waals surface area contributed by atoms with Crippen LogP contribution >= 0.6 is 15.9 Å². The maximum atomic E-state index is 3.77. The Morgan fingerprint density at radius 1 is 1.00 bits per heavy atom. The first-order chi connectivity index (χ1) is 8.76. The lowest BCUT2D eigenvalue weighted by Crippen LogP contribution is -2.34. The molecule has 1 heterocycles. The van der Waals surface area contributed by atoms with Crippen LogP contribution in [-0.2, 0) is 12.8 Å². The molecule has 0 atom stereocenters. The maximum Gasteiger partial charge on any atom is 0.0380 e. The van der Waals surface area contributed by atoms with Gasteiger partial charge < -0.3 is 4.90 Å². The van der Waals surface area contributed by atoms with E-state index in [1.807, 2.05) is 0 Å². The number of rotatable bonds is 1. The third-order valence-electron chi connectivity index (χ3n) is 5.29. The van der Waals surface area contributed by atoms with Crippen molar-refractivity contribution in [2.75, 3.05) is 18.0 Å². The second kappa shape index (κ2) is 4.00. The molecule has 2 fully saturated rings. The minimum absolute atomic E-state index is 0.782. The summed E-state index contributed by atoms with van der Waals surface area (Å²) < 4.78 is 1.35. The lowest BCUT2D eigenvalue weighted by atomic mass is 9.93. The Hall–Kier alpha value is -0.500. The zero-order chi connectivity index (χ0) is 12.2. The molecule has 2 heteroatoms. The Morgan fingerprint density at radius 3 is 2.50 bits per heavy atom. The number of halogens is 1. The second-order valence-corrected chi connectivity index (χ2v) is 7.26. The summed E-state index contributed by atoms with van der Waals surface area (Å²) >= 11 is 3.77. The van der Waals surface area contributed by atoms with Crippen LogP contribution in [-0.4, -0.2) is 13.1 Å². The van der Waals surface area contributed by atoms with Gasteiger partial charge >= 0.3 is 0 Å². The molecule has 1 aromatic rings. The van der Waals surface area contributed by atoms with E-state index < -0.39 is 0 Å². The second-order valence-electron chi connectivity index (χ2n) is 6.41.